The van der Waals surface area contributed by atoms with Crippen LogP contribution < -0.4 is 0 Å². The molecule has 1 N–H and O–H groups in total. The van der Waals surface area contributed by atoms with Crippen LogP contribution >= 0.6 is 0 Å². The first-order valence-corrected chi connectivity index (χ1v) is 8.59. The molecule has 0 saturated carbocycles. The molecule has 0 fully saturated rings. The van der Waals surface area contributed by atoms with E-state index in [0.717, 1.165) is 12.8 Å². The van der Waals surface area contributed by atoms with Crippen molar-refractivity contribution >= 4 is 0 Å². The number of aromatic hydroxyl groups is 1. The Morgan fingerprint density at radius 2 is 1.35 bits per heavy atom. The van der Waals surface area contributed by atoms with Crippen molar-refractivity contribution in [1.82, 2.24) is 0 Å². The van der Waals surface area contributed by atoms with Crippen LogP contribution in [0.1, 0.15) is 82.8 Å². The van der Waals surface area contributed by atoms with E-state index >= 15 is 0 Å². The maximum atomic E-state index is 10.1. The van der Waals surface area contributed by atoms with Gasteiger partial charge in [0, 0.05) is 0 Å². The lowest BCUT2D eigenvalue weighted by Crippen LogP contribution is -1.96. The number of phenols is 1. The standard InChI is InChI=1S/C19H32O/c1-3-5-7-9-11-15-18-17(13-10-8-6-4-2)14-12-16-19(18)20/h12,14,16,20H,3-11,13,15H2,1-2H3. The third kappa shape index (κ3) is 6.45. The number of aryl methyl sites for hydroxylation is 1. The minimum Gasteiger partial charge on any atom is -0.508 e. The Hall–Kier alpha value is -0.980. The molecule has 0 atom stereocenters. The van der Waals surface area contributed by atoms with E-state index < -0.39 is 0 Å². The van der Waals surface area contributed by atoms with Gasteiger partial charge < -0.3 is 5.11 Å². The summed E-state index contributed by atoms with van der Waals surface area (Å²) in [5.74, 6) is 0.508. The average Bonchev–Trinajstić information content (AvgIpc) is 2.45. The first-order chi connectivity index (χ1) is 9.79. The predicted molar refractivity (Wildman–Crippen MR) is 88.4 cm³/mol. The molecule has 0 aromatic heterocycles. The van der Waals surface area contributed by atoms with Crippen molar-refractivity contribution in [2.24, 2.45) is 0 Å². The van der Waals surface area contributed by atoms with Gasteiger partial charge in [-0.1, -0.05) is 70.9 Å². The smallest absolute Gasteiger partial charge is 0.119 e. The van der Waals surface area contributed by atoms with E-state index in [9.17, 15) is 5.11 Å². The number of rotatable bonds is 11. The Balaban J connectivity index is 2.45. The molecule has 0 amide bonds. The van der Waals surface area contributed by atoms with Crippen molar-refractivity contribution in [3.05, 3.63) is 29.3 Å². The number of hydrogen-bond acceptors (Lipinski definition) is 1. The topological polar surface area (TPSA) is 20.2 Å². The molecule has 0 unspecified atom stereocenters. The fraction of sp³-hybridized carbons (Fsp3) is 0.684. The van der Waals surface area contributed by atoms with E-state index in [1.807, 2.05) is 12.1 Å². The van der Waals surface area contributed by atoms with Crippen molar-refractivity contribution in [2.75, 3.05) is 0 Å². The minimum absolute atomic E-state index is 0.508. The predicted octanol–water partition coefficient (Wildman–Crippen LogP) is 6.03. The molecule has 20 heavy (non-hydrogen) atoms. The summed E-state index contributed by atoms with van der Waals surface area (Å²) in [6.07, 6.45) is 13.8. The van der Waals surface area contributed by atoms with Crippen LogP contribution in [0.5, 0.6) is 5.75 Å². The zero-order valence-corrected chi connectivity index (χ0v) is 13.5. The fourth-order valence-corrected chi connectivity index (χ4v) is 2.79. The molecule has 0 saturated heterocycles. The van der Waals surface area contributed by atoms with Gasteiger partial charge in [0.2, 0.25) is 0 Å². The van der Waals surface area contributed by atoms with Crippen LogP contribution in [0.15, 0.2) is 18.2 Å². The molecule has 1 nitrogen and oxygen atoms in total. The lowest BCUT2D eigenvalue weighted by atomic mass is 9.96. The van der Waals surface area contributed by atoms with Crippen molar-refractivity contribution in [3.8, 4) is 5.75 Å². The minimum atomic E-state index is 0.508. The quantitative estimate of drug-likeness (QED) is 0.489. The molecule has 0 aliphatic carbocycles. The Labute approximate surface area is 125 Å². The largest absolute Gasteiger partial charge is 0.508 e. The van der Waals surface area contributed by atoms with E-state index in [4.69, 9.17) is 0 Å². The first-order valence-electron chi connectivity index (χ1n) is 8.59. The second-order valence-electron chi connectivity index (χ2n) is 5.89. The van der Waals surface area contributed by atoms with E-state index in [2.05, 4.69) is 19.9 Å². The van der Waals surface area contributed by atoms with Gasteiger partial charge in [0.1, 0.15) is 5.75 Å². The van der Waals surface area contributed by atoms with Gasteiger partial charge in [-0.15, -0.1) is 0 Å². The average molecular weight is 276 g/mol. The summed E-state index contributed by atoms with van der Waals surface area (Å²) in [7, 11) is 0. The van der Waals surface area contributed by atoms with Gasteiger partial charge in [0.25, 0.3) is 0 Å². The van der Waals surface area contributed by atoms with Crippen LogP contribution in [0.3, 0.4) is 0 Å². The summed E-state index contributed by atoms with van der Waals surface area (Å²) in [6, 6.07) is 6.04. The van der Waals surface area contributed by atoms with Crippen LogP contribution in [0.2, 0.25) is 0 Å². The highest BCUT2D eigenvalue weighted by Gasteiger charge is 2.07. The highest BCUT2D eigenvalue weighted by atomic mass is 16.3. The fourth-order valence-electron chi connectivity index (χ4n) is 2.79. The molecule has 1 rings (SSSR count). The van der Waals surface area contributed by atoms with E-state index in [-0.39, 0.29) is 0 Å². The number of phenolic OH excluding ortho intramolecular Hbond substituents is 1. The highest BCUT2D eigenvalue weighted by molar-refractivity contribution is 5.39. The molecule has 0 spiro atoms. The Kier molecular flexibility index (Phi) is 9.19. The molecule has 0 radical (unpaired) electrons. The van der Waals surface area contributed by atoms with Gasteiger partial charge in [-0.05, 0) is 42.9 Å². The summed E-state index contributed by atoms with van der Waals surface area (Å²) in [4.78, 5) is 0. The maximum Gasteiger partial charge on any atom is 0.119 e. The Morgan fingerprint density at radius 3 is 2.05 bits per heavy atom. The van der Waals surface area contributed by atoms with E-state index in [1.54, 1.807) is 0 Å². The van der Waals surface area contributed by atoms with Crippen LogP contribution in [0.25, 0.3) is 0 Å². The molecule has 1 aromatic rings. The third-order valence-electron chi connectivity index (χ3n) is 4.08. The lowest BCUT2D eigenvalue weighted by molar-refractivity contribution is 0.464. The lowest BCUT2D eigenvalue weighted by Gasteiger charge is -2.11. The SMILES string of the molecule is CCCCCCCc1c(O)cccc1CCCCCC. The summed E-state index contributed by atoms with van der Waals surface area (Å²) in [6.45, 7) is 4.49. The van der Waals surface area contributed by atoms with Gasteiger partial charge in [0.15, 0.2) is 0 Å². The van der Waals surface area contributed by atoms with Gasteiger partial charge in [-0.25, -0.2) is 0 Å². The van der Waals surface area contributed by atoms with Crippen molar-refractivity contribution in [1.29, 1.82) is 0 Å². The molecule has 0 aliphatic rings. The van der Waals surface area contributed by atoms with Gasteiger partial charge in [-0.3, -0.25) is 0 Å². The van der Waals surface area contributed by atoms with Crippen LogP contribution in [0, 0.1) is 0 Å². The molecule has 1 heteroatoms. The second-order valence-corrected chi connectivity index (χ2v) is 5.89. The summed E-state index contributed by atoms with van der Waals surface area (Å²) in [5.41, 5.74) is 2.58. The summed E-state index contributed by atoms with van der Waals surface area (Å²) in [5, 5.41) is 10.1. The van der Waals surface area contributed by atoms with Gasteiger partial charge in [-0.2, -0.15) is 0 Å². The van der Waals surface area contributed by atoms with Crippen molar-refractivity contribution < 1.29 is 5.11 Å². The van der Waals surface area contributed by atoms with Crippen LogP contribution in [-0.4, -0.2) is 5.11 Å². The number of unbranched alkanes of at least 4 members (excludes halogenated alkanes) is 7. The molecular formula is C19H32O. The monoisotopic (exact) mass is 276 g/mol. The normalized spacial score (nSPS) is 10.9. The van der Waals surface area contributed by atoms with Crippen LogP contribution in [0.4, 0.5) is 0 Å². The maximum absolute atomic E-state index is 10.1. The van der Waals surface area contributed by atoms with Crippen molar-refractivity contribution in [3.63, 3.8) is 0 Å². The van der Waals surface area contributed by atoms with Crippen molar-refractivity contribution in [2.45, 2.75) is 84.5 Å². The van der Waals surface area contributed by atoms with Gasteiger partial charge in [0.05, 0.1) is 0 Å². The first kappa shape index (κ1) is 17.1. The third-order valence-corrected chi connectivity index (χ3v) is 4.08. The molecule has 114 valence electrons. The molecule has 0 aliphatic heterocycles. The van der Waals surface area contributed by atoms with Gasteiger partial charge >= 0.3 is 0 Å². The summed E-state index contributed by atoms with van der Waals surface area (Å²) < 4.78 is 0. The highest BCUT2D eigenvalue weighted by Crippen LogP contribution is 2.25. The van der Waals surface area contributed by atoms with E-state index in [1.165, 1.54) is 68.9 Å². The summed E-state index contributed by atoms with van der Waals surface area (Å²) >= 11 is 0. The Morgan fingerprint density at radius 1 is 0.750 bits per heavy atom. The van der Waals surface area contributed by atoms with E-state index in [0.29, 0.717) is 5.75 Å². The Bertz CT molecular complexity index is 357. The number of benzene rings is 1. The zero-order valence-electron chi connectivity index (χ0n) is 13.5. The molecule has 0 bridgehead atoms. The number of hydrogen-bond donors (Lipinski definition) is 1. The zero-order chi connectivity index (χ0) is 14.6. The second kappa shape index (κ2) is 10.8. The molecular weight excluding hydrogens is 244 g/mol. The van der Waals surface area contributed by atoms with Crippen LogP contribution in [-0.2, 0) is 12.8 Å². The molecule has 0 heterocycles. The molecule has 1 aromatic carbocycles.